The van der Waals surface area contributed by atoms with Gasteiger partial charge in [0.2, 0.25) is 0 Å². The molecule has 12 nitrogen and oxygen atoms in total. The van der Waals surface area contributed by atoms with E-state index in [1.54, 1.807) is 56.5 Å². The minimum atomic E-state index is -2.33. The van der Waals surface area contributed by atoms with Crippen molar-refractivity contribution in [3.05, 3.63) is 64.3 Å². The average Bonchev–Trinajstić information content (AvgIpc) is 3.13. The van der Waals surface area contributed by atoms with Crippen molar-refractivity contribution in [2.45, 2.75) is 13.3 Å². The topological polar surface area (TPSA) is 189 Å². The van der Waals surface area contributed by atoms with Gasteiger partial charge in [-0.1, -0.05) is 11.6 Å². The fourth-order valence-electron chi connectivity index (χ4n) is 3.25. The third-order valence-electron chi connectivity index (χ3n) is 5.01. The number of quaternary nitrogens is 1. The third-order valence-corrected chi connectivity index (χ3v) is 5.26. The number of hydrogen-bond acceptors (Lipinski definition) is 9. The zero-order valence-electron chi connectivity index (χ0n) is 23.3. The number of likely N-dealkylation sites (N-methyl/N-ethyl adjacent to an activating group) is 1. The zero-order chi connectivity index (χ0) is 31.0. The van der Waals surface area contributed by atoms with E-state index in [1.165, 1.54) is 4.57 Å². The van der Waals surface area contributed by atoms with Crippen LogP contribution in [-0.4, -0.2) is 96.7 Å². The molecule has 0 bridgehead atoms. The Morgan fingerprint density at radius 1 is 1.05 bits per heavy atom. The first-order valence-corrected chi connectivity index (χ1v) is 12.0. The van der Waals surface area contributed by atoms with E-state index in [9.17, 15) is 14.7 Å². The van der Waals surface area contributed by atoms with Gasteiger partial charge >= 0.3 is 5.97 Å². The highest BCUT2D eigenvalue weighted by Crippen LogP contribution is 2.30. The van der Waals surface area contributed by atoms with Gasteiger partial charge in [-0.25, -0.2) is 0 Å². The summed E-state index contributed by atoms with van der Waals surface area (Å²) in [5.41, 5.74) is 2.32. The molecule has 0 spiro atoms. The average molecular weight is 709 g/mol. The quantitative estimate of drug-likeness (QED) is 0.133. The van der Waals surface area contributed by atoms with Crippen molar-refractivity contribution in [1.29, 1.82) is 0 Å². The van der Waals surface area contributed by atoms with Crippen molar-refractivity contribution in [2.75, 3.05) is 48.0 Å². The summed E-state index contributed by atoms with van der Waals surface area (Å²) in [6, 6.07) is 11.9. The minimum Gasteiger partial charge on any atom is -1.00 e. The number of aliphatic hydroxyl groups is 2. The predicted molar refractivity (Wildman–Crippen MR) is 144 cm³/mol. The number of carbonyl (C=O) groups is 4. The number of aromatic nitrogens is 1. The molecule has 3 N–H and O–H groups in total. The molecule has 0 unspecified atom stereocenters. The molecule has 0 saturated heterocycles. The Labute approximate surface area is 259 Å². The van der Waals surface area contributed by atoms with Crippen LogP contribution in [0.5, 0.6) is 5.75 Å². The van der Waals surface area contributed by atoms with Gasteiger partial charge < -0.3 is 68.3 Å². The molecule has 0 atom stereocenters. The summed E-state index contributed by atoms with van der Waals surface area (Å²) in [5.74, 6) is -0.583. The molecule has 1 aromatic heterocycles. The van der Waals surface area contributed by atoms with Crippen LogP contribution in [0.15, 0.2) is 42.5 Å². The molecule has 0 amide bonds. The summed E-state index contributed by atoms with van der Waals surface area (Å²) in [7, 11) is 7.70. The monoisotopic (exact) mass is 708 g/mol. The maximum absolute atomic E-state index is 13.0. The largest absolute Gasteiger partial charge is 1.00 e. The van der Waals surface area contributed by atoms with Crippen LogP contribution in [0.2, 0.25) is 5.02 Å². The molecule has 0 saturated carbocycles. The van der Waals surface area contributed by atoms with E-state index >= 15 is 0 Å². The number of carbonyl (C=O) groups excluding carboxylic acids is 3. The van der Waals surface area contributed by atoms with Crippen LogP contribution in [0, 0.1) is 6.92 Å². The van der Waals surface area contributed by atoms with Crippen molar-refractivity contribution in [3.8, 4) is 5.75 Å². The van der Waals surface area contributed by atoms with Gasteiger partial charge in [-0.05, 0) is 61.1 Å². The Balaban J connectivity index is 0. The lowest BCUT2D eigenvalue weighted by Gasteiger charge is -2.21. The highest BCUT2D eigenvalue weighted by molar-refractivity contribution is 6.30. The number of rotatable bonds is 7. The van der Waals surface area contributed by atoms with Crippen LogP contribution in [0.4, 0.5) is 4.79 Å². The van der Waals surface area contributed by atoms with Crippen molar-refractivity contribution in [2.24, 2.45) is 0 Å². The van der Waals surface area contributed by atoms with E-state index in [-0.39, 0.29) is 49.5 Å². The Hall–Kier alpha value is -3.24. The molecular formula is C27H34ClIN2O10-2. The lowest BCUT2D eigenvalue weighted by atomic mass is 10.1. The van der Waals surface area contributed by atoms with Gasteiger partial charge in [-0.3, -0.25) is 14.2 Å². The standard InChI is InChI=1S/C19H16ClNO4.C5H14NO.C2H4O2.CH2O3.HI/c1-11-15(10-18(22)23)16-9-14(25-2)7-8-17(16)21(11)19(24)12-3-5-13(20)6-4-12;1-6(2,3)4-5-7;3-1-2-4;2-1(3)4;/h3-9H,10H2,1-2H3,(H,22,23);7H,4-5H2,1-3H3;1,4H,2H2;(H2,2,3,4);1H/q;+1;;;/p-3. The van der Waals surface area contributed by atoms with E-state index in [0.717, 1.165) is 11.0 Å². The smallest absolute Gasteiger partial charge is 0.307 e. The lowest BCUT2D eigenvalue weighted by molar-refractivity contribution is -0.870. The summed E-state index contributed by atoms with van der Waals surface area (Å²) in [6.45, 7) is 2.50. The maximum atomic E-state index is 13.0. The summed E-state index contributed by atoms with van der Waals surface area (Å²) >= 11 is 5.89. The molecular weight excluding hydrogens is 675 g/mol. The van der Waals surface area contributed by atoms with Crippen LogP contribution in [-0.2, 0) is 16.0 Å². The van der Waals surface area contributed by atoms with Crippen molar-refractivity contribution in [1.82, 2.24) is 4.57 Å². The van der Waals surface area contributed by atoms with Gasteiger partial charge in [0.1, 0.15) is 18.6 Å². The van der Waals surface area contributed by atoms with Crippen LogP contribution >= 0.6 is 11.6 Å². The number of carboxylic acids is 1. The first-order chi connectivity index (χ1) is 18.6. The molecule has 3 rings (SSSR count). The normalized spacial score (nSPS) is 9.85. The molecule has 0 aliphatic carbocycles. The van der Waals surface area contributed by atoms with E-state index in [1.807, 2.05) is 0 Å². The molecule has 2 aromatic carbocycles. The molecule has 41 heavy (non-hydrogen) atoms. The van der Waals surface area contributed by atoms with Gasteiger partial charge in [0.05, 0.1) is 53.4 Å². The number of ether oxygens (including phenoxy) is 1. The zero-order valence-corrected chi connectivity index (χ0v) is 26.2. The predicted octanol–water partition coefficient (Wildman–Crippen LogP) is -2.65. The Bertz CT molecular complexity index is 1270. The summed E-state index contributed by atoms with van der Waals surface area (Å²) < 4.78 is 7.62. The number of nitrogens with zero attached hydrogens (tertiary/aromatic N) is 2. The summed E-state index contributed by atoms with van der Waals surface area (Å²) in [6.07, 6.45) is -2.07. The van der Waals surface area contributed by atoms with Gasteiger partial charge in [0.25, 0.3) is 5.91 Å². The lowest BCUT2D eigenvalue weighted by Crippen LogP contribution is -3.00. The molecule has 14 heteroatoms. The molecule has 0 aliphatic heterocycles. The molecule has 1 heterocycles. The van der Waals surface area contributed by atoms with Crippen LogP contribution in [0.25, 0.3) is 10.9 Å². The highest BCUT2D eigenvalue weighted by atomic mass is 127. The van der Waals surface area contributed by atoms with Crippen LogP contribution < -0.4 is 38.9 Å². The Morgan fingerprint density at radius 2 is 1.56 bits per heavy atom. The molecule has 0 aliphatic rings. The fourth-order valence-corrected chi connectivity index (χ4v) is 3.37. The van der Waals surface area contributed by atoms with Crippen molar-refractivity contribution < 1.29 is 77.9 Å². The number of halogens is 2. The molecule has 228 valence electrons. The first kappa shape index (κ1) is 39.9. The van der Waals surface area contributed by atoms with Crippen LogP contribution in [0.3, 0.4) is 0 Å². The number of hydrogen-bond donors (Lipinski definition) is 3. The van der Waals surface area contributed by atoms with Gasteiger partial charge in [-0.15, -0.1) is 0 Å². The highest BCUT2D eigenvalue weighted by Gasteiger charge is 2.21. The van der Waals surface area contributed by atoms with Gasteiger partial charge in [0, 0.05) is 21.7 Å². The van der Waals surface area contributed by atoms with Crippen LogP contribution in [0.1, 0.15) is 21.6 Å². The summed E-state index contributed by atoms with van der Waals surface area (Å²) in [4.78, 5) is 41.5. The summed E-state index contributed by atoms with van der Waals surface area (Å²) in [5, 5.41) is 43.0. The van der Waals surface area contributed by atoms with E-state index in [2.05, 4.69) is 21.1 Å². The number of aldehydes is 1. The Morgan fingerprint density at radius 3 is 1.93 bits per heavy atom. The second-order valence-electron chi connectivity index (χ2n) is 9.00. The second kappa shape index (κ2) is 19.8. The van der Waals surface area contributed by atoms with E-state index in [0.29, 0.717) is 44.8 Å². The molecule has 0 radical (unpaired) electrons. The molecule has 0 fully saturated rings. The number of carboxylic acid groups (broad SMARTS) is 3. The van der Waals surface area contributed by atoms with Gasteiger partial charge in [-0.2, -0.15) is 0 Å². The fraction of sp³-hybridized carbons (Fsp3) is 0.333. The van der Waals surface area contributed by atoms with Crippen molar-refractivity contribution >= 4 is 46.8 Å². The number of benzene rings is 2. The minimum absolute atomic E-state index is 0. The Kier molecular flexibility index (Phi) is 19.2. The number of aliphatic hydroxyl groups excluding tert-OH is 2. The SMILES string of the molecule is COc1ccc2c(c1)c(CC(=O)O)c(C)n2C(=O)c1ccc(Cl)cc1.C[N+](C)(C)CCO.O=C([O-])[O-].O=CCO.[I-]. The number of methoxy groups -OCH3 is 1. The third kappa shape index (κ3) is 14.8. The van der Waals surface area contributed by atoms with E-state index in [4.69, 9.17) is 46.4 Å². The number of fused-ring (bicyclic) bond motifs is 1. The van der Waals surface area contributed by atoms with Crippen molar-refractivity contribution in [3.63, 3.8) is 0 Å². The second-order valence-corrected chi connectivity index (χ2v) is 9.44. The molecule has 3 aromatic rings. The van der Waals surface area contributed by atoms with E-state index < -0.39 is 12.1 Å². The first-order valence-electron chi connectivity index (χ1n) is 11.7. The maximum Gasteiger partial charge on any atom is 0.307 e. The van der Waals surface area contributed by atoms with Gasteiger partial charge in [0.15, 0.2) is 0 Å². The number of aliphatic carboxylic acids is 1.